The molecule has 5 heteroatoms. The van der Waals surface area contributed by atoms with Crippen LogP contribution in [0.4, 0.5) is 0 Å². The second-order valence-electron chi connectivity index (χ2n) is 5.24. The van der Waals surface area contributed by atoms with E-state index < -0.39 is 15.3 Å². The van der Waals surface area contributed by atoms with Crippen LogP contribution < -0.4 is 0 Å². The van der Waals surface area contributed by atoms with Crippen LogP contribution in [-0.2, 0) is 16.3 Å². The first-order chi connectivity index (χ1) is 8.42. The highest BCUT2D eigenvalue weighted by molar-refractivity contribution is 9.10. The van der Waals surface area contributed by atoms with Gasteiger partial charge >= 0.3 is 0 Å². The third kappa shape index (κ3) is 1.84. The Hall–Kier alpha value is -0.680. The molecule has 1 saturated heterocycles. The number of sulfone groups is 1. The van der Waals surface area contributed by atoms with Gasteiger partial charge in [-0.05, 0) is 37.0 Å². The van der Waals surface area contributed by atoms with Gasteiger partial charge in [0.1, 0.15) is 9.84 Å². The average molecular weight is 329 g/mol. The van der Waals surface area contributed by atoms with Gasteiger partial charge in [0.25, 0.3) is 0 Å². The van der Waals surface area contributed by atoms with E-state index in [4.69, 9.17) is 0 Å². The lowest BCUT2D eigenvalue weighted by atomic mass is 9.78. The molecular weight excluding hydrogens is 316 g/mol. The normalized spacial score (nSPS) is 24.2. The van der Waals surface area contributed by atoms with Gasteiger partial charge < -0.3 is 0 Å². The Kier molecular flexibility index (Phi) is 2.68. The number of fused-ring (bicyclic) bond motifs is 1. The van der Waals surface area contributed by atoms with Crippen molar-refractivity contribution in [3.8, 4) is 0 Å². The smallest absolute Gasteiger partial charge is 0.169 e. The number of ketones is 1. The number of rotatable bonds is 0. The van der Waals surface area contributed by atoms with Crippen LogP contribution in [0.3, 0.4) is 0 Å². The van der Waals surface area contributed by atoms with Crippen LogP contribution in [0.15, 0.2) is 22.7 Å². The number of hydrogen-bond acceptors (Lipinski definition) is 3. The standard InChI is InChI=1S/C13H13BrO3S/c14-10-2-1-9-8-13(12(15)11(9)7-10)3-5-18(16,17)6-4-13/h1-2,7H,3-6,8H2. The molecule has 1 aromatic rings. The summed E-state index contributed by atoms with van der Waals surface area (Å²) in [5, 5.41) is 0. The first-order valence-electron chi connectivity index (χ1n) is 5.96. The van der Waals surface area contributed by atoms with E-state index in [0.717, 1.165) is 15.6 Å². The third-order valence-electron chi connectivity index (χ3n) is 4.11. The minimum absolute atomic E-state index is 0.133. The molecule has 0 atom stereocenters. The molecule has 0 bridgehead atoms. The highest BCUT2D eigenvalue weighted by Gasteiger charge is 2.48. The summed E-state index contributed by atoms with van der Waals surface area (Å²) in [5.41, 5.74) is 1.38. The van der Waals surface area contributed by atoms with Crippen molar-refractivity contribution >= 4 is 31.6 Å². The van der Waals surface area contributed by atoms with Gasteiger partial charge in [0, 0.05) is 15.5 Å². The Morgan fingerprint density at radius 1 is 1.17 bits per heavy atom. The van der Waals surface area contributed by atoms with E-state index in [1.165, 1.54) is 0 Å². The quantitative estimate of drug-likeness (QED) is 0.734. The van der Waals surface area contributed by atoms with Gasteiger partial charge in [0.2, 0.25) is 0 Å². The van der Waals surface area contributed by atoms with E-state index in [2.05, 4.69) is 15.9 Å². The van der Waals surface area contributed by atoms with E-state index in [-0.39, 0.29) is 17.3 Å². The van der Waals surface area contributed by atoms with Gasteiger partial charge in [-0.25, -0.2) is 8.42 Å². The maximum atomic E-state index is 12.5. The molecule has 1 aromatic carbocycles. The predicted octanol–water partition coefficient (Wildman–Crippen LogP) is 2.38. The van der Waals surface area contributed by atoms with Crippen LogP contribution in [0.2, 0.25) is 0 Å². The van der Waals surface area contributed by atoms with Crippen molar-refractivity contribution in [3.05, 3.63) is 33.8 Å². The highest BCUT2D eigenvalue weighted by atomic mass is 79.9. The van der Waals surface area contributed by atoms with Gasteiger partial charge in [-0.3, -0.25) is 4.79 Å². The molecule has 18 heavy (non-hydrogen) atoms. The molecule has 1 aliphatic heterocycles. The molecule has 0 saturated carbocycles. The van der Waals surface area contributed by atoms with Crippen molar-refractivity contribution in [2.45, 2.75) is 19.3 Å². The Morgan fingerprint density at radius 3 is 2.50 bits per heavy atom. The van der Waals surface area contributed by atoms with E-state index >= 15 is 0 Å². The number of benzene rings is 1. The van der Waals surface area contributed by atoms with Gasteiger partial charge in [0.15, 0.2) is 5.78 Å². The summed E-state index contributed by atoms with van der Waals surface area (Å²) in [7, 11) is -2.93. The molecule has 96 valence electrons. The van der Waals surface area contributed by atoms with Crippen LogP contribution in [0.5, 0.6) is 0 Å². The number of carbonyl (C=O) groups is 1. The highest BCUT2D eigenvalue weighted by Crippen LogP contribution is 2.45. The third-order valence-corrected chi connectivity index (χ3v) is 6.26. The second-order valence-corrected chi connectivity index (χ2v) is 8.46. The summed E-state index contributed by atoms with van der Waals surface area (Å²) in [5.74, 6) is 0.427. The minimum Gasteiger partial charge on any atom is -0.294 e. The molecule has 0 N–H and O–H groups in total. The van der Waals surface area contributed by atoms with Gasteiger partial charge in [-0.15, -0.1) is 0 Å². The molecule has 2 aliphatic rings. The summed E-state index contributed by atoms with van der Waals surface area (Å²) in [4.78, 5) is 12.5. The Bertz CT molecular complexity index is 620. The zero-order valence-electron chi connectivity index (χ0n) is 9.78. The van der Waals surface area contributed by atoms with Crippen molar-refractivity contribution in [2.75, 3.05) is 11.5 Å². The number of Topliss-reactive ketones (excluding diaryl/α,β-unsaturated/α-hetero) is 1. The summed E-state index contributed by atoms with van der Waals surface area (Å²) >= 11 is 3.37. The van der Waals surface area contributed by atoms with Crippen molar-refractivity contribution < 1.29 is 13.2 Å². The number of halogens is 1. The Labute approximate surface area is 115 Å². The lowest BCUT2D eigenvalue weighted by molar-refractivity contribution is 0.0802. The predicted molar refractivity (Wildman–Crippen MR) is 72.5 cm³/mol. The molecule has 1 aliphatic carbocycles. The fourth-order valence-electron chi connectivity index (χ4n) is 2.98. The second kappa shape index (κ2) is 3.90. The molecular formula is C13H13BrO3S. The van der Waals surface area contributed by atoms with Crippen molar-refractivity contribution in [1.29, 1.82) is 0 Å². The molecule has 3 rings (SSSR count). The van der Waals surface area contributed by atoms with E-state index in [1.807, 2.05) is 18.2 Å². The van der Waals surface area contributed by atoms with E-state index in [0.29, 0.717) is 19.3 Å². The van der Waals surface area contributed by atoms with Crippen LogP contribution in [0.1, 0.15) is 28.8 Å². The fraction of sp³-hybridized carbons (Fsp3) is 0.462. The molecule has 0 aromatic heterocycles. The Morgan fingerprint density at radius 2 is 1.83 bits per heavy atom. The molecule has 3 nitrogen and oxygen atoms in total. The zero-order valence-corrected chi connectivity index (χ0v) is 12.2. The number of carbonyl (C=O) groups excluding carboxylic acids is 1. The summed E-state index contributed by atoms with van der Waals surface area (Å²) in [6.45, 7) is 0. The lowest BCUT2D eigenvalue weighted by Gasteiger charge is -2.31. The van der Waals surface area contributed by atoms with Crippen LogP contribution >= 0.6 is 15.9 Å². The van der Waals surface area contributed by atoms with Gasteiger partial charge in [0.05, 0.1) is 11.5 Å². The minimum atomic E-state index is -2.93. The SMILES string of the molecule is O=C1c2cc(Br)ccc2CC12CCS(=O)(=O)CC2. The number of hydrogen-bond donors (Lipinski definition) is 0. The molecule has 0 radical (unpaired) electrons. The van der Waals surface area contributed by atoms with E-state index in [1.54, 1.807) is 0 Å². The van der Waals surface area contributed by atoms with Crippen molar-refractivity contribution in [2.24, 2.45) is 5.41 Å². The van der Waals surface area contributed by atoms with E-state index in [9.17, 15) is 13.2 Å². The average Bonchev–Trinajstić information content (AvgIpc) is 2.58. The topological polar surface area (TPSA) is 51.2 Å². The van der Waals surface area contributed by atoms with Crippen LogP contribution in [0, 0.1) is 5.41 Å². The summed E-state index contributed by atoms with van der Waals surface area (Å²) in [6, 6.07) is 5.76. The summed E-state index contributed by atoms with van der Waals surface area (Å²) in [6.07, 6.45) is 1.64. The largest absolute Gasteiger partial charge is 0.294 e. The van der Waals surface area contributed by atoms with Crippen LogP contribution in [0.25, 0.3) is 0 Å². The Balaban J connectivity index is 1.98. The first kappa shape index (κ1) is 12.4. The maximum Gasteiger partial charge on any atom is 0.169 e. The molecule has 0 unspecified atom stereocenters. The van der Waals surface area contributed by atoms with Crippen molar-refractivity contribution in [1.82, 2.24) is 0 Å². The van der Waals surface area contributed by atoms with Gasteiger partial charge in [-0.2, -0.15) is 0 Å². The van der Waals surface area contributed by atoms with Crippen molar-refractivity contribution in [3.63, 3.8) is 0 Å². The maximum absolute atomic E-state index is 12.5. The van der Waals surface area contributed by atoms with Crippen LogP contribution in [-0.4, -0.2) is 25.7 Å². The molecule has 1 fully saturated rings. The summed E-state index contributed by atoms with van der Waals surface area (Å²) < 4.78 is 23.9. The fourth-order valence-corrected chi connectivity index (χ4v) is 4.95. The monoisotopic (exact) mass is 328 g/mol. The zero-order chi connectivity index (χ0) is 13.0. The van der Waals surface area contributed by atoms with Gasteiger partial charge in [-0.1, -0.05) is 22.0 Å². The lowest BCUT2D eigenvalue weighted by Crippen LogP contribution is -2.38. The molecule has 0 amide bonds. The molecule has 1 spiro atoms. The first-order valence-corrected chi connectivity index (χ1v) is 8.57. The molecule has 1 heterocycles.